The molecule has 1 aliphatic heterocycles. The van der Waals surface area contributed by atoms with Crippen LogP contribution in [0.25, 0.3) is 0 Å². The molecule has 1 heterocycles. The van der Waals surface area contributed by atoms with Crippen molar-refractivity contribution in [3.63, 3.8) is 0 Å². The van der Waals surface area contributed by atoms with E-state index in [0.717, 1.165) is 42.4 Å². The molecule has 6 nitrogen and oxygen atoms in total. The van der Waals surface area contributed by atoms with Crippen LogP contribution in [0.15, 0.2) is 115 Å². The first-order chi connectivity index (χ1) is 23.1. The number of benzene rings is 4. The highest BCUT2D eigenvalue weighted by Crippen LogP contribution is 2.45. The second kappa shape index (κ2) is 15.5. The molecule has 0 saturated carbocycles. The summed E-state index contributed by atoms with van der Waals surface area (Å²) in [5.41, 5.74) is 2.94. The second-order valence-electron chi connectivity index (χ2n) is 13.8. The molecule has 0 radical (unpaired) electrons. The van der Waals surface area contributed by atoms with Crippen LogP contribution in [0.3, 0.4) is 0 Å². The van der Waals surface area contributed by atoms with E-state index < -0.39 is 37.7 Å². The van der Waals surface area contributed by atoms with Crippen LogP contribution >= 0.6 is 11.6 Å². The molecular weight excluding hydrogens is 636 g/mol. The summed E-state index contributed by atoms with van der Waals surface area (Å²) in [6.07, 6.45) is 5.27. The lowest BCUT2D eigenvalue weighted by Crippen LogP contribution is -2.52. The zero-order valence-corrected chi connectivity index (χ0v) is 30.0. The molecular formula is C40H46ClN2O4Si+. The Morgan fingerprint density at radius 2 is 1.46 bits per heavy atom. The van der Waals surface area contributed by atoms with Crippen molar-refractivity contribution in [1.82, 2.24) is 0 Å². The maximum absolute atomic E-state index is 13.2. The van der Waals surface area contributed by atoms with E-state index in [1.54, 1.807) is 19.1 Å². The molecule has 48 heavy (non-hydrogen) atoms. The fourth-order valence-corrected chi connectivity index (χ4v) is 9.19. The molecule has 5 atom stereocenters. The summed E-state index contributed by atoms with van der Waals surface area (Å²) in [4.78, 5) is 25.3. The van der Waals surface area contributed by atoms with Gasteiger partial charge in [0, 0.05) is 35.1 Å². The average molecular weight is 682 g/mol. The monoisotopic (exact) mass is 681 g/mol. The van der Waals surface area contributed by atoms with Crippen molar-refractivity contribution in [2.45, 2.75) is 75.3 Å². The Morgan fingerprint density at radius 1 is 0.917 bits per heavy atom. The van der Waals surface area contributed by atoms with E-state index in [0.29, 0.717) is 17.0 Å². The van der Waals surface area contributed by atoms with Crippen LogP contribution in [0.5, 0.6) is 0 Å². The summed E-state index contributed by atoms with van der Waals surface area (Å²) in [5.74, 6) is -1.87. The lowest BCUT2D eigenvalue weighted by molar-refractivity contribution is -0.560. The van der Waals surface area contributed by atoms with Gasteiger partial charge in [0.05, 0.1) is 11.8 Å². The minimum absolute atomic E-state index is 0.0345. The Morgan fingerprint density at radius 3 is 1.98 bits per heavy atom. The molecule has 4 aromatic carbocycles. The molecule has 1 saturated heterocycles. The standard InChI is InChI=1S/C40H46ClN2O4Si/c1-30(29-44)38(35-23-14-15-24-36(35)41)39(43(45)46)34(31-17-8-5-9-18-31)26-28-42-27-16-25-37(42)40(47-48(2,3)4,32-19-10-6-11-20-32)33-21-12-7-13-22-33/h5-15,17-24,28-30,34,37-39H,16,25-27H2,1-4H3/q+1. The highest BCUT2D eigenvalue weighted by atomic mass is 35.5. The minimum atomic E-state index is -2.14. The van der Waals surface area contributed by atoms with Gasteiger partial charge in [-0.3, -0.25) is 10.1 Å². The van der Waals surface area contributed by atoms with E-state index in [2.05, 4.69) is 79.0 Å². The van der Waals surface area contributed by atoms with Crippen molar-refractivity contribution in [2.24, 2.45) is 5.92 Å². The van der Waals surface area contributed by atoms with Gasteiger partial charge in [-0.15, -0.1) is 0 Å². The number of hydrogen-bond donors (Lipinski definition) is 0. The fraction of sp³-hybridized carbons (Fsp3) is 0.350. The molecule has 0 amide bonds. The van der Waals surface area contributed by atoms with Crippen LogP contribution in [0.4, 0.5) is 0 Å². The third-order valence-electron chi connectivity index (χ3n) is 9.53. The van der Waals surface area contributed by atoms with E-state index in [4.69, 9.17) is 16.0 Å². The minimum Gasteiger partial charge on any atom is -0.399 e. The SMILES string of the molecule is CC(C=O)C(c1ccccc1Cl)C(C(CC=[N+]1CCCC1C(O[Si](C)(C)C)(c1ccccc1)c1ccccc1)c1ccccc1)[N+](=O)[O-]. The predicted molar refractivity (Wildman–Crippen MR) is 196 cm³/mol. The Balaban J connectivity index is 1.66. The fourth-order valence-electron chi connectivity index (χ4n) is 7.59. The summed E-state index contributed by atoms with van der Waals surface area (Å²) in [6, 6.07) is 36.7. The van der Waals surface area contributed by atoms with Gasteiger partial charge in [-0.05, 0) is 48.0 Å². The molecule has 0 spiro atoms. The van der Waals surface area contributed by atoms with Crippen molar-refractivity contribution in [3.8, 4) is 0 Å². The normalized spacial score (nSPS) is 18.6. The number of halogens is 1. The zero-order valence-electron chi connectivity index (χ0n) is 28.2. The topological polar surface area (TPSA) is 72.5 Å². The zero-order chi connectivity index (χ0) is 34.3. The summed E-state index contributed by atoms with van der Waals surface area (Å²) in [6.45, 7) is 9.25. The average Bonchev–Trinajstić information content (AvgIpc) is 3.57. The molecule has 0 aromatic heterocycles. The third-order valence-corrected chi connectivity index (χ3v) is 10.8. The number of carbonyl (C=O) groups excluding carboxylic acids is 1. The van der Waals surface area contributed by atoms with Gasteiger partial charge < -0.3 is 9.22 Å². The van der Waals surface area contributed by atoms with E-state index in [1.807, 2.05) is 54.6 Å². The summed E-state index contributed by atoms with van der Waals surface area (Å²) in [5, 5.41) is 13.6. The third kappa shape index (κ3) is 7.70. The largest absolute Gasteiger partial charge is 0.399 e. The lowest BCUT2D eigenvalue weighted by atomic mass is 9.74. The molecule has 0 bridgehead atoms. The van der Waals surface area contributed by atoms with Gasteiger partial charge in [0.1, 0.15) is 19.0 Å². The maximum Gasteiger partial charge on any atom is 0.227 e. The van der Waals surface area contributed by atoms with Gasteiger partial charge in [0.25, 0.3) is 0 Å². The van der Waals surface area contributed by atoms with E-state index in [-0.39, 0.29) is 11.0 Å². The summed E-state index contributed by atoms with van der Waals surface area (Å²) in [7, 11) is -2.14. The van der Waals surface area contributed by atoms with Crippen molar-refractivity contribution >= 4 is 32.4 Å². The van der Waals surface area contributed by atoms with Crippen molar-refractivity contribution in [3.05, 3.63) is 153 Å². The lowest BCUT2D eigenvalue weighted by Gasteiger charge is -2.42. The summed E-state index contributed by atoms with van der Waals surface area (Å²) >= 11 is 6.67. The van der Waals surface area contributed by atoms with Crippen LogP contribution in [-0.4, -0.2) is 48.9 Å². The molecule has 250 valence electrons. The number of rotatable bonds is 14. The maximum atomic E-state index is 13.2. The quantitative estimate of drug-likeness (QED) is 0.0438. The van der Waals surface area contributed by atoms with Crippen molar-refractivity contribution in [2.75, 3.05) is 6.54 Å². The smallest absolute Gasteiger partial charge is 0.227 e. The molecule has 0 N–H and O–H groups in total. The second-order valence-corrected chi connectivity index (χ2v) is 18.7. The van der Waals surface area contributed by atoms with Crippen LogP contribution < -0.4 is 0 Å². The van der Waals surface area contributed by atoms with Gasteiger partial charge in [-0.1, -0.05) is 128 Å². The Kier molecular flexibility index (Phi) is 11.5. The number of hydrogen-bond acceptors (Lipinski definition) is 4. The first-order valence-electron chi connectivity index (χ1n) is 16.8. The Hall–Kier alpha value is -3.91. The van der Waals surface area contributed by atoms with Gasteiger partial charge in [-0.25, -0.2) is 4.58 Å². The Labute approximate surface area is 290 Å². The van der Waals surface area contributed by atoms with Crippen molar-refractivity contribution in [1.29, 1.82) is 0 Å². The van der Waals surface area contributed by atoms with Crippen LogP contribution in [0.1, 0.15) is 60.3 Å². The molecule has 8 heteroatoms. The molecule has 5 rings (SSSR count). The molecule has 5 unspecified atom stereocenters. The van der Waals surface area contributed by atoms with Gasteiger partial charge >= 0.3 is 0 Å². The molecule has 0 aliphatic carbocycles. The van der Waals surface area contributed by atoms with Crippen LogP contribution in [0.2, 0.25) is 24.7 Å². The van der Waals surface area contributed by atoms with E-state index in [1.165, 1.54) is 0 Å². The number of carbonyl (C=O) groups is 1. The van der Waals surface area contributed by atoms with Crippen LogP contribution in [-0.2, 0) is 14.8 Å². The summed E-state index contributed by atoms with van der Waals surface area (Å²) < 4.78 is 9.74. The van der Waals surface area contributed by atoms with Gasteiger partial charge in [0.2, 0.25) is 6.04 Å². The highest BCUT2D eigenvalue weighted by Gasteiger charge is 2.54. The predicted octanol–water partition coefficient (Wildman–Crippen LogP) is 9.12. The number of nitro groups is 1. The van der Waals surface area contributed by atoms with Gasteiger partial charge in [-0.2, -0.15) is 0 Å². The molecule has 1 fully saturated rings. The first-order valence-corrected chi connectivity index (χ1v) is 20.6. The van der Waals surface area contributed by atoms with E-state index in [9.17, 15) is 14.9 Å². The van der Waals surface area contributed by atoms with E-state index >= 15 is 0 Å². The van der Waals surface area contributed by atoms with Crippen molar-refractivity contribution < 1.29 is 18.7 Å². The van der Waals surface area contributed by atoms with Crippen LogP contribution in [0, 0.1) is 16.0 Å². The molecule has 4 aromatic rings. The number of aldehydes is 1. The highest BCUT2D eigenvalue weighted by molar-refractivity contribution is 6.69. The Bertz CT molecular complexity index is 1660. The molecule has 1 aliphatic rings. The van der Waals surface area contributed by atoms with Gasteiger partial charge in [0.15, 0.2) is 20.0 Å². The first kappa shape index (κ1) is 35.4. The number of nitrogens with zero attached hydrogens (tertiary/aromatic N) is 2.